The quantitative estimate of drug-likeness (QED) is 0.766. The fraction of sp³-hybridized carbons (Fsp3) is 0.765. The Hall–Kier alpha value is -1.71. The molecule has 0 aliphatic carbocycles. The second-order valence-corrected chi connectivity index (χ2v) is 10.2. The van der Waals surface area contributed by atoms with Crippen LogP contribution in [0.25, 0.3) is 0 Å². The molecule has 0 N–H and O–H groups in total. The van der Waals surface area contributed by atoms with Crippen LogP contribution in [0.2, 0.25) is 0 Å². The molecule has 154 valence electrons. The van der Waals surface area contributed by atoms with E-state index in [0.717, 1.165) is 10.9 Å². The number of hydrogen-bond acceptors (Lipinski definition) is 5. The molecule has 0 bridgehead atoms. The lowest BCUT2D eigenvalue weighted by Crippen LogP contribution is -2.44. The van der Waals surface area contributed by atoms with Gasteiger partial charge in [-0.1, -0.05) is 0 Å². The van der Waals surface area contributed by atoms with Crippen molar-refractivity contribution in [2.45, 2.75) is 62.7 Å². The maximum absolute atomic E-state index is 13.2. The number of carbonyl (C=O) groups excluding carboxylic acids is 1. The maximum atomic E-state index is 13.2. The first-order valence-electron chi connectivity index (χ1n) is 8.86. The number of ether oxygens (including phenoxy) is 1. The van der Waals surface area contributed by atoms with E-state index in [9.17, 15) is 22.0 Å². The third kappa shape index (κ3) is 4.97. The molecule has 0 spiro atoms. The van der Waals surface area contributed by atoms with E-state index in [1.807, 2.05) is 0 Å². The summed E-state index contributed by atoms with van der Waals surface area (Å²) in [5, 5.41) is 2.74. The van der Waals surface area contributed by atoms with Crippen LogP contribution in [0.3, 0.4) is 0 Å². The van der Waals surface area contributed by atoms with Crippen molar-refractivity contribution in [1.29, 1.82) is 0 Å². The van der Waals surface area contributed by atoms with Gasteiger partial charge in [-0.2, -0.15) is 5.10 Å². The van der Waals surface area contributed by atoms with Gasteiger partial charge in [-0.25, -0.2) is 22.0 Å². The average molecular weight is 407 g/mol. The zero-order chi connectivity index (χ0) is 20.6. The Kier molecular flexibility index (Phi) is 6.18. The highest BCUT2D eigenvalue weighted by Crippen LogP contribution is 2.33. The molecule has 1 aromatic rings. The van der Waals surface area contributed by atoms with E-state index in [4.69, 9.17) is 4.74 Å². The van der Waals surface area contributed by atoms with Crippen LogP contribution in [-0.4, -0.2) is 53.1 Å². The van der Waals surface area contributed by atoms with Crippen molar-refractivity contribution in [3.63, 3.8) is 0 Å². The summed E-state index contributed by atoms with van der Waals surface area (Å²) in [6, 6.07) is 0. The Bertz CT molecular complexity index is 779. The number of piperidine rings is 1. The molecule has 0 radical (unpaired) electrons. The van der Waals surface area contributed by atoms with E-state index in [1.54, 1.807) is 25.7 Å². The number of likely N-dealkylation sites (tertiary alicyclic amines) is 1. The van der Waals surface area contributed by atoms with Crippen molar-refractivity contribution >= 4 is 15.9 Å². The number of amides is 1. The lowest BCUT2D eigenvalue weighted by atomic mass is 9.94. The standard InChI is InChI=1S/C17H27F2N3O4S/c1-11(27(24,25)13-10-21(5)20-14(13)15(18)19)12-6-8-22(9-7-12)16(23)26-17(2,3)4/h10-12,15H,6-9H2,1-5H3/t11-/m0/s1. The molecule has 7 nitrogen and oxygen atoms in total. The minimum absolute atomic E-state index is 0.237. The molecule has 27 heavy (non-hydrogen) atoms. The highest BCUT2D eigenvalue weighted by molar-refractivity contribution is 7.92. The van der Waals surface area contributed by atoms with Crippen LogP contribution in [0, 0.1) is 5.92 Å². The van der Waals surface area contributed by atoms with Crippen LogP contribution >= 0.6 is 0 Å². The number of hydrogen-bond donors (Lipinski definition) is 0. The molecule has 10 heteroatoms. The molecule has 2 rings (SSSR count). The minimum Gasteiger partial charge on any atom is -0.444 e. The molecule has 1 aliphatic rings. The number of halogens is 2. The molecular weight excluding hydrogens is 380 g/mol. The molecule has 1 saturated heterocycles. The molecule has 1 amide bonds. The van der Waals surface area contributed by atoms with Gasteiger partial charge < -0.3 is 9.64 Å². The molecule has 0 unspecified atom stereocenters. The summed E-state index contributed by atoms with van der Waals surface area (Å²) < 4.78 is 58.5. The van der Waals surface area contributed by atoms with Crippen molar-refractivity contribution in [3.8, 4) is 0 Å². The summed E-state index contributed by atoms with van der Waals surface area (Å²) in [5.41, 5.74) is -1.31. The van der Waals surface area contributed by atoms with Gasteiger partial charge in [0.2, 0.25) is 0 Å². The largest absolute Gasteiger partial charge is 0.444 e. The topological polar surface area (TPSA) is 81.5 Å². The Morgan fingerprint density at radius 3 is 2.33 bits per heavy atom. The number of aromatic nitrogens is 2. The van der Waals surface area contributed by atoms with Crippen LogP contribution < -0.4 is 0 Å². The Balaban J connectivity index is 2.09. The fourth-order valence-electron chi connectivity index (χ4n) is 3.19. The maximum Gasteiger partial charge on any atom is 0.410 e. The smallest absolute Gasteiger partial charge is 0.410 e. The summed E-state index contributed by atoms with van der Waals surface area (Å²) in [6.45, 7) is 7.61. The zero-order valence-electron chi connectivity index (χ0n) is 16.3. The van der Waals surface area contributed by atoms with Crippen molar-refractivity contribution in [3.05, 3.63) is 11.9 Å². The molecular formula is C17H27F2N3O4S. The van der Waals surface area contributed by atoms with E-state index >= 15 is 0 Å². The third-order valence-corrected chi connectivity index (χ3v) is 6.97. The van der Waals surface area contributed by atoms with Crippen molar-refractivity contribution in [1.82, 2.24) is 14.7 Å². The Labute approximate surface area is 158 Å². The van der Waals surface area contributed by atoms with Crippen LogP contribution in [0.4, 0.5) is 13.6 Å². The first kappa shape index (κ1) is 21.6. The Morgan fingerprint density at radius 2 is 1.85 bits per heavy atom. The SMILES string of the molecule is C[C@@H](C1CCN(C(=O)OC(C)(C)C)CC1)S(=O)(=O)c1cn(C)nc1C(F)F. The molecule has 1 atom stereocenters. The average Bonchev–Trinajstić information content (AvgIpc) is 2.96. The highest BCUT2D eigenvalue weighted by atomic mass is 32.2. The molecule has 0 saturated carbocycles. The summed E-state index contributed by atoms with van der Waals surface area (Å²) in [5.74, 6) is -0.237. The third-order valence-electron chi connectivity index (χ3n) is 4.68. The van der Waals surface area contributed by atoms with Gasteiger partial charge in [0.1, 0.15) is 16.2 Å². The molecule has 1 fully saturated rings. The van der Waals surface area contributed by atoms with Gasteiger partial charge in [-0.05, 0) is 46.5 Å². The number of rotatable bonds is 4. The van der Waals surface area contributed by atoms with E-state index in [-0.39, 0.29) is 5.92 Å². The van der Waals surface area contributed by atoms with Crippen molar-refractivity contribution < 1.29 is 26.7 Å². The second kappa shape index (κ2) is 7.73. The van der Waals surface area contributed by atoms with Crippen LogP contribution in [-0.2, 0) is 21.6 Å². The molecule has 2 heterocycles. The molecule has 1 aliphatic heterocycles. The van der Waals surface area contributed by atoms with Gasteiger partial charge in [0.15, 0.2) is 9.84 Å². The van der Waals surface area contributed by atoms with E-state index in [2.05, 4.69) is 5.10 Å². The Morgan fingerprint density at radius 1 is 1.30 bits per heavy atom. The lowest BCUT2D eigenvalue weighted by Gasteiger charge is -2.35. The van der Waals surface area contributed by atoms with Crippen LogP contribution in [0.15, 0.2) is 11.1 Å². The normalized spacial score (nSPS) is 18.0. The predicted octanol–water partition coefficient (Wildman–Crippen LogP) is 3.17. The summed E-state index contributed by atoms with van der Waals surface area (Å²) in [7, 11) is -2.55. The van der Waals surface area contributed by atoms with E-state index < -0.39 is 43.8 Å². The molecule has 1 aromatic heterocycles. The predicted molar refractivity (Wildman–Crippen MR) is 95.3 cm³/mol. The van der Waals surface area contributed by atoms with Gasteiger partial charge >= 0.3 is 6.09 Å². The van der Waals surface area contributed by atoms with Crippen molar-refractivity contribution in [2.75, 3.05) is 13.1 Å². The van der Waals surface area contributed by atoms with E-state index in [0.29, 0.717) is 25.9 Å². The minimum atomic E-state index is -3.96. The van der Waals surface area contributed by atoms with Gasteiger partial charge in [0.25, 0.3) is 6.43 Å². The summed E-state index contributed by atoms with van der Waals surface area (Å²) >= 11 is 0. The van der Waals surface area contributed by atoms with Crippen molar-refractivity contribution in [2.24, 2.45) is 13.0 Å². The summed E-state index contributed by atoms with van der Waals surface area (Å²) in [4.78, 5) is 13.3. The number of alkyl halides is 2. The second-order valence-electron chi connectivity index (χ2n) is 7.91. The first-order chi connectivity index (χ1) is 12.3. The highest BCUT2D eigenvalue weighted by Gasteiger charge is 2.38. The van der Waals surface area contributed by atoms with Gasteiger partial charge in [-0.3, -0.25) is 4.68 Å². The summed E-state index contributed by atoms with van der Waals surface area (Å²) in [6.07, 6.45) is -1.34. The van der Waals surface area contributed by atoms with Crippen LogP contribution in [0.1, 0.15) is 52.7 Å². The fourth-order valence-corrected chi connectivity index (χ4v) is 5.09. The van der Waals surface area contributed by atoms with Crippen LogP contribution in [0.5, 0.6) is 0 Å². The number of nitrogens with zero attached hydrogens (tertiary/aromatic N) is 3. The number of aryl methyl sites for hydroxylation is 1. The van der Waals surface area contributed by atoms with Gasteiger partial charge in [-0.15, -0.1) is 0 Å². The zero-order valence-corrected chi connectivity index (χ0v) is 17.1. The van der Waals surface area contributed by atoms with E-state index in [1.165, 1.54) is 14.0 Å². The van der Waals surface area contributed by atoms with Gasteiger partial charge in [0.05, 0.1) is 5.25 Å². The first-order valence-corrected chi connectivity index (χ1v) is 10.4. The lowest BCUT2D eigenvalue weighted by molar-refractivity contribution is 0.0184. The molecule has 0 aromatic carbocycles. The number of carbonyl (C=O) groups is 1. The number of sulfone groups is 1. The van der Waals surface area contributed by atoms with Gasteiger partial charge in [0, 0.05) is 26.3 Å². The monoisotopic (exact) mass is 407 g/mol.